The highest BCUT2D eigenvalue weighted by atomic mass is 16.1. The Morgan fingerprint density at radius 2 is 1.10 bits per heavy atom. The summed E-state index contributed by atoms with van der Waals surface area (Å²) in [4.78, 5) is 10.0. The number of hydrogen-bond acceptors (Lipinski definition) is 1. The van der Waals surface area contributed by atoms with Crippen LogP contribution in [0.5, 0.6) is 0 Å². The first kappa shape index (κ1) is 19.7. The van der Waals surface area contributed by atoms with Gasteiger partial charge in [-0.1, -0.05) is 97.3 Å². The van der Waals surface area contributed by atoms with E-state index in [1.807, 2.05) is 6.29 Å². The average molecular weight is 282 g/mol. The van der Waals surface area contributed by atoms with E-state index in [0.29, 0.717) is 6.42 Å². The van der Waals surface area contributed by atoms with E-state index in [9.17, 15) is 4.79 Å². The fraction of sp³-hybridized carbons (Fsp3) is 0.947. The molecule has 1 atom stereocenters. The molecule has 0 aromatic heterocycles. The molecule has 20 heavy (non-hydrogen) atoms. The molecule has 1 radical (unpaired) electrons. The standard InChI is InChI=1S/C19H37O/c1-3-19(2)17-15-13-11-9-7-5-4-6-8-10-12-14-16-18-20/h19H,3-17H2,1-2H3. The summed E-state index contributed by atoms with van der Waals surface area (Å²) in [5.74, 6) is 0.930. The van der Waals surface area contributed by atoms with Crippen molar-refractivity contribution in [3.05, 3.63) is 0 Å². The van der Waals surface area contributed by atoms with E-state index in [0.717, 1.165) is 12.3 Å². The van der Waals surface area contributed by atoms with Crippen LogP contribution >= 0.6 is 0 Å². The fourth-order valence-corrected chi connectivity index (χ4v) is 2.66. The van der Waals surface area contributed by atoms with Gasteiger partial charge in [-0.15, -0.1) is 0 Å². The van der Waals surface area contributed by atoms with Gasteiger partial charge in [-0.3, -0.25) is 4.79 Å². The summed E-state index contributed by atoms with van der Waals surface area (Å²) in [6, 6.07) is 0. The number of hydrogen-bond donors (Lipinski definition) is 0. The molecule has 0 saturated heterocycles. The van der Waals surface area contributed by atoms with Gasteiger partial charge in [-0.2, -0.15) is 0 Å². The molecule has 0 aromatic carbocycles. The van der Waals surface area contributed by atoms with E-state index < -0.39 is 0 Å². The van der Waals surface area contributed by atoms with E-state index in [2.05, 4.69) is 13.8 Å². The van der Waals surface area contributed by atoms with Gasteiger partial charge in [0.2, 0.25) is 0 Å². The minimum Gasteiger partial charge on any atom is -0.291 e. The lowest BCUT2D eigenvalue weighted by Crippen LogP contribution is -1.91. The van der Waals surface area contributed by atoms with Crippen molar-refractivity contribution in [2.24, 2.45) is 5.92 Å². The summed E-state index contributed by atoms with van der Waals surface area (Å²) in [7, 11) is 0. The van der Waals surface area contributed by atoms with Crippen LogP contribution < -0.4 is 0 Å². The average Bonchev–Trinajstić information content (AvgIpc) is 2.47. The predicted molar refractivity (Wildman–Crippen MR) is 89.8 cm³/mol. The molecule has 0 saturated carbocycles. The van der Waals surface area contributed by atoms with Crippen molar-refractivity contribution < 1.29 is 4.79 Å². The van der Waals surface area contributed by atoms with Crippen LogP contribution in [0.25, 0.3) is 0 Å². The van der Waals surface area contributed by atoms with Crippen molar-refractivity contribution in [2.75, 3.05) is 0 Å². The van der Waals surface area contributed by atoms with Crippen molar-refractivity contribution in [2.45, 2.75) is 110 Å². The third-order valence-corrected chi connectivity index (χ3v) is 4.42. The molecule has 0 amide bonds. The molecule has 0 aromatic rings. The summed E-state index contributed by atoms with van der Waals surface area (Å²) in [6.45, 7) is 4.67. The second-order valence-electron chi connectivity index (χ2n) is 6.44. The highest BCUT2D eigenvalue weighted by Crippen LogP contribution is 2.15. The van der Waals surface area contributed by atoms with Gasteiger partial charge >= 0.3 is 0 Å². The second-order valence-corrected chi connectivity index (χ2v) is 6.44. The van der Waals surface area contributed by atoms with Gasteiger partial charge in [0.1, 0.15) is 0 Å². The molecule has 0 rings (SSSR count). The summed E-state index contributed by atoms with van der Waals surface area (Å²) >= 11 is 0. The molecule has 1 nitrogen and oxygen atoms in total. The maximum atomic E-state index is 10.0. The first-order chi connectivity index (χ1) is 9.81. The molecule has 0 N–H and O–H groups in total. The van der Waals surface area contributed by atoms with Crippen molar-refractivity contribution in [1.29, 1.82) is 0 Å². The molecule has 0 heterocycles. The fourth-order valence-electron chi connectivity index (χ4n) is 2.66. The minimum absolute atomic E-state index is 0.636. The highest BCUT2D eigenvalue weighted by molar-refractivity contribution is 5.50. The Morgan fingerprint density at radius 1 is 0.700 bits per heavy atom. The number of carbonyl (C=O) groups excluding carboxylic acids is 1. The largest absolute Gasteiger partial charge is 0.291 e. The molecular weight excluding hydrogens is 244 g/mol. The first-order valence-electron chi connectivity index (χ1n) is 9.16. The van der Waals surface area contributed by atoms with Crippen LogP contribution in [0, 0.1) is 5.92 Å². The van der Waals surface area contributed by atoms with Gasteiger partial charge < -0.3 is 0 Å². The topological polar surface area (TPSA) is 17.1 Å². The molecule has 0 aliphatic carbocycles. The molecule has 0 spiro atoms. The van der Waals surface area contributed by atoms with Crippen molar-refractivity contribution in [3.8, 4) is 0 Å². The summed E-state index contributed by atoms with van der Waals surface area (Å²) in [5.41, 5.74) is 0. The first-order valence-corrected chi connectivity index (χ1v) is 9.16. The zero-order valence-corrected chi connectivity index (χ0v) is 14.1. The van der Waals surface area contributed by atoms with E-state index in [4.69, 9.17) is 0 Å². The summed E-state index contributed by atoms with van der Waals surface area (Å²) in [5, 5.41) is 0. The van der Waals surface area contributed by atoms with Crippen LogP contribution in [0.4, 0.5) is 0 Å². The third-order valence-electron chi connectivity index (χ3n) is 4.42. The summed E-state index contributed by atoms with van der Waals surface area (Å²) < 4.78 is 0. The normalized spacial score (nSPS) is 12.5. The zero-order chi connectivity index (χ0) is 14.9. The van der Waals surface area contributed by atoms with E-state index >= 15 is 0 Å². The van der Waals surface area contributed by atoms with E-state index in [1.165, 1.54) is 83.5 Å². The van der Waals surface area contributed by atoms with E-state index in [-0.39, 0.29) is 0 Å². The molecule has 0 aliphatic rings. The number of rotatable bonds is 16. The Kier molecular flexibility index (Phi) is 16.4. The molecule has 119 valence electrons. The van der Waals surface area contributed by atoms with Gasteiger partial charge in [-0.05, 0) is 12.3 Å². The lowest BCUT2D eigenvalue weighted by atomic mass is 9.99. The van der Waals surface area contributed by atoms with Crippen LogP contribution in [0.2, 0.25) is 0 Å². The predicted octanol–water partition coefficient (Wildman–Crippen LogP) is 6.60. The quantitative estimate of drug-likeness (QED) is 0.291. The van der Waals surface area contributed by atoms with Gasteiger partial charge in [0.15, 0.2) is 6.29 Å². The second kappa shape index (κ2) is 16.7. The number of unbranched alkanes of at least 4 members (excludes halogenated alkanes) is 12. The van der Waals surface area contributed by atoms with Gasteiger partial charge in [-0.25, -0.2) is 0 Å². The van der Waals surface area contributed by atoms with Gasteiger partial charge in [0, 0.05) is 6.42 Å². The monoisotopic (exact) mass is 281 g/mol. The van der Waals surface area contributed by atoms with Crippen LogP contribution in [0.15, 0.2) is 0 Å². The Hall–Kier alpha value is -0.330. The molecule has 0 aliphatic heterocycles. The Labute approximate surface area is 127 Å². The van der Waals surface area contributed by atoms with Crippen LogP contribution in [-0.2, 0) is 4.79 Å². The molecular formula is C19H37O. The summed E-state index contributed by atoms with van der Waals surface area (Å²) in [6.07, 6.45) is 21.7. The maximum Gasteiger partial charge on any atom is 0.198 e. The highest BCUT2D eigenvalue weighted by Gasteiger charge is 1.98. The zero-order valence-electron chi connectivity index (χ0n) is 14.1. The van der Waals surface area contributed by atoms with Gasteiger partial charge in [0.05, 0.1) is 0 Å². The Balaban J connectivity index is 2.97. The third kappa shape index (κ3) is 15.7. The molecule has 1 unspecified atom stereocenters. The smallest absolute Gasteiger partial charge is 0.198 e. The Morgan fingerprint density at radius 3 is 1.50 bits per heavy atom. The van der Waals surface area contributed by atoms with Crippen LogP contribution in [0.1, 0.15) is 110 Å². The van der Waals surface area contributed by atoms with Gasteiger partial charge in [0.25, 0.3) is 0 Å². The van der Waals surface area contributed by atoms with E-state index in [1.54, 1.807) is 0 Å². The molecule has 1 heteroatoms. The van der Waals surface area contributed by atoms with Crippen molar-refractivity contribution >= 4 is 6.29 Å². The van der Waals surface area contributed by atoms with Crippen molar-refractivity contribution in [1.82, 2.24) is 0 Å². The van der Waals surface area contributed by atoms with Crippen molar-refractivity contribution in [3.63, 3.8) is 0 Å². The minimum atomic E-state index is 0.636. The SMILES string of the molecule is CCC(C)CCCCCCCCCCCCCC[C]=O. The van der Waals surface area contributed by atoms with Crippen LogP contribution in [-0.4, -0.2) is 6.29 Å². The lowest BCUT2D eigenvalue weighted by molar-refractivity contribution is 0.468. The maximum absolute atomic E-state index is 10.0. The Bertz CT molecular complexity index is 188. The molecule has 0 fully saturated rings. The lowest BCUT2D eigenvalue weighted by Gasteiger charge is -2.07. The van der Waals surface area contributed by atoms with Crippen LogP contribution in [0.3, 0.4) is 0 Å². The molecule has 0 bridgehead atoms.